The third-order valence-corrected chi connectivity index (χ3v) is 5.25. The lowest BCUT2D eigenvalue weighted by molar-refractivity contribution is 0.0671. The first-order chi connectivity index (χ1) is 13.0. The predicted octanol–water partition coefficient (Wildman–Crippen LogP) is 2.59. The van der Waals surface area contributed by atoms with Crippen molar-refractivity contribution >= 4 is 5.91 Å². The van der Waals surface area contributed by atoms with Gasteiger partial charge in [0.05, 0.1) is 30.6 Å². The number of hydrogen-bond donors (Lipinski definition) is 1. The van der Waals surface area contributed by atoms with Crippen LogP contribution >= 0.6 is 0 Å². The number of carbonyl (C=O) groups excluding carboxylic acids is 1. The summed E-state index contributed by atoms with van der Waals surface area (Å²) in [6.07, 6.45) is 0.168. The minimum Gasteiger partial charge on any atom is -0.456 e. The van der Waals surface area contributed by atoms with Gasteiger partial charge in [-0.15, -0.1) is 0 Å². The summed E-state index contributed by atoms with van der Waals surface area (Å²) in [4.78, 5) is 17.1. The normalized spacial score (nSPS) is 15.3. The number of aromatic nitrogens is 2. The van der Waals surface area contributed by atoms with Gasteiger partial charge < -0.3 is 14.4 Å². The fourth-order valence-electron chi connectivity index (χ4n) is 3.51. The molecule has 2 aromatic heterocycles. The highest BCUT2D eigenvalue weighted by Crippen LogP contribution is 2.23. The second-order valence-corrected chi connectivity index (χ2v) is 7.06. The maximum atomic E-state index is 13.0. The highest BCUT2D eigenvalue weighted by atomic mass is 16.4. The van der Waals surface area contributed by atoms with Crippen LogP contribution in [0.25, 0.3) is 0 Å². The SMILES string of the molecule is CCc1oc(C(=O)N2CCn3nc([C@@H](C)O)cc3C2)cc1CN(CC)CC. The Hall–Kier alpha value is -2.12. The third kappa shape index (κ3) is 4.09. The summed E-state index contributed by atoms with van der Waals surface area (Å²) >= 11 is 0. The van der Waals surface area contributed by atoms with Gasteiger partial charge in [0.1, 0.15) is 5.76 Å². The van der Waals surface area contributed by atoms with E-state index in [2.05, 4.69) is 30.8 Å². The van der Waals surface area contributed by atoms with Gasteiger partial charge in [-0.25, -0.2) is 0 Å². The Labute approximate surface area is 160 Å². The molecule has 2 aromatic rings. The van der Waals surface area contributed by atoms with Crippen LogP contribution in [0.3, 0.4) is 0 Å². The van der Waals surface area contributed by atoms with E-state index < -0.39 is 6.10 Å². The predicted molar refractivity (Wildman–Crippen MR) is 102 cm³/mol. The molecule has 1 atom stereocenters. The number of carbonyl (C=O) groups is 1. The summed E-state index contributed by atoms with van der Waals surface area (Å²) < 4.78 is 7.79. The van der Waals surface area contributed by atoms with E-state index >= 15 is 0 Å². The van der Waals surface area contributed by atoms with E-state index in [4.69, 9.17) is 4.42 Å². The number of aryl methyl sites for hydroxylation is 1. The lowest BCUT2D eigenvalue weighted by Crippen LogP contribution is -2.38. The second-order valence-electron chi connectivity index (χ2n) is 7.06. The van der Waals surface area contributed by atoms with Crippen LogP contribution in [0.5, 0.6) is 0 Å². The molecule has 1 aliphatic heterocycles. The van der Waals surface area contributed by atoms with E-state index in [0.29, 0.717) is 31.1 Å². The standard InChI is InChI=1S/C20H30N4O3/c1-5-18-15(12-22(6-2)7-3)10-19(27-18)20(26)23-8-9-24-16(13-23)11-17(21-24)14(4)25/h10-11,14,25H,5-9,12-13H2,1-4H3/t14-/m1/s1. The quantitative estimate of drug-likeness (QED) is 0.806. The molecule has 1 aliphatic rings. The molecule has 0 fully saturated rings. The fourth-order valence-corrected chi connectivity index (χ4v) is 3.51. The average molecular weight is 374 g/mol. The Morgan fingerprint density at radius 3 is 2.67 bits per heavy atom. The summed E-state index contributed by atoms with van der Waals surface area (Å²) in [7, 11) is 0. The van der Waals surface area contributed by atoms with Crippen molar-refractivity contribution in [2.45, 2.75) is 59.9 Å². The molecule has 0 saturated heterocycles. The summed E-state index contributed by atoms with van der Waals surface area (Å²) in [5.74, 6) is 1.22. The summed E-state index contributed by atoms with van der Waals surface area (Å²) in [6, 6.07) is 3.78. The first kappa shape index (κ1) is 19.6. The Morgan fingerprint density at radius 2 is 2.04 bits per heavy atom. The summed E-state index contributed by atoms with van der Waals surface area (Å²) in [5.41, 5.74) is 2.69. The van der Waals surface area contributed by atoms with Crippen LogP contribution in [0.15, 0.2) is 16.5 Å². The van der Waals surface area contributed by atoms with Gasteiger partial charge in [0.25, 0.3) is 5.91 Å². The van der Waals surface area contributed by atoms with Crippen molar-refractivity contribution in [1.29, 1.82) is 0 Å². The van der Waals surface area contributed by atoms with E-state index in [9.17, 15) is 9.90 Å². The van der Waals surface area contributed by atoms with Gasteiger partial charge in [0.15, 0.2) is 5.76 Å². The van der Waals surface area contributed by atoms with Crippen molar-refractivity contribution in [3.63, 3.8) is 0 Å². The van der Waals surface area contributed by atoms with Crippen molar-refractivity contribution in [3.05, 3.63) is 40.6 Å². The molecule has 0 bridgehead atoms. The second kappa shape index (κ2) is 8.27. The van der Waals surface area contributed by atoms with Crippen LogP contribution in [0.1, 0.15) is 67.1 Å². The molecular formula is C20H30N4O3. The summed E-state index contributed by atoms with van der Waals surface area (Å²) in [5, 5.41) is 14.1. The largest absolute Gasteiger partial charge is 0.456 e. The number of aliphatic hydroxyl groups excluding tert-OH is 1. The molecule has 27 heavy (non-hydrogen) atoms. The molecule has 3 heterocycles. The van der Waals surface area contributed by atoms with Gasteiger partial charge in [0, 0.05) is 25.1 Å². The highest BCUT2D eigenvalue weighted by Gasteiger charge is 2.27. The van der Waals surface area contributed by atoms with Gasteiger partial charge in [-0.05, 0) is 32.1 Å². The molecule has 0 aromatic carbocycles. The zero-order valence-electron chi connectivity index (χ0n) is 16.7. The molecule has 0 saturated carbocycles. The van der Waals surface area contributed by atoms with Gasteiger partial charge >= 0.3 is 0 Å². The topological polar surface area (TPSA) is 74.7 Å². The van der Waals surface area contributed by atoms with E-state index in [-0.39, 0.29) is 5.91 Å². The minimum atomic E-state index is -0.605. The van der Waals surface area contributed by atoms with Gasteiger partial charge in [0.2, 0.25) is 0 Å². The Balaban J connectivity index is 1.76. The number of nitrogens with zero attached hydrogens (tertiary/aromatic N) is 4. The molecular weight excluding hydrogens is 344 g/mol. The zero-order chi connectivity index (χ0) is 19.6. The van der Waals surface area contributed by atoms with Crippen LogP contribution in [0, 0.1) is 0 Å². The first-order valence-corrected chi connectivity index (χ1v) is 9.84. The maximum Gasteiger partial charge on any atom is 0.289 e. The molecule has 1 N–H and O–H groups in total. The van der Waals surface area contributed by atoms with Crippen LogP contribution in [-0.4, -0.2) is 50.2 Å². The van der Waals surface area contributed by atoms with Crippen LogP contribution in [0.2, 0.25) is 0 Å². The molecule has 0 spiro atoms. The van der Waals surface area contributed by atoms with E-state index in [1.807, 2.05) is 16.8 Å². The first-order valence-electron chi connectivity index (χ1n) is 9.84. The van der Waals surface area contributed by atoms with Crippen molar-refractivity contribution in [3.8, 4) is 0 Å². The highest BCUT2D eigenvalue weighted by molar-refractivity contribution is 5.91. The summed E-state index contributed by atoms with van der Waals surface area (Å²) in [6.45, 7) is 12.5. The molecule has 7 nitrogen and oxygen atoms in total. The van der Waals surface area contributed by atoms with E-state index in [1.54, 1.807) is 11.8 Å². The number of aliphatic hydroxyl groups is 1. The van der Waals surface area contributed by atoms with Crippen molar-refractivity contribution < 1.29 is 14.3 Å². The number of amides is 1. The fraction of sp³-hybridized carbons (Fsp3) is 0.600. The van der Waals surface area contributed by atoms with Crippen molar-refractivity contribution in [1.82, 2.24) is 19.6 Å². The van der Waals surface area contributed by atoms with Crippen molar-refractivity contribution in [2.24, 2.45) is 0 Å². The molecule has 3 rings (SSSR count). The molecule has 0 radical (unpaired) electrons. The van der Waals surface area contributed by atoms with Crippen molar-refractivity contribution in [2.75, 3.05) is 19.6 Å². The number of hydrogen-bond acceptors (Lipinski definition) is 5. The van der Waals surface area contributed by atoms with Crippen LogP contribution < -0.4 is 0 Å². The average Bonchev–Trinajstić information content (AvgIpc) is 3.28. The number of fused-ring (bicyclic) bond motifs is 1. The number of rotatable bonds is 7. The number of furan rings is 1. The van der Waals surface area contributed by atoms with Crippen LogP contribution in [-0.2, 0) is 26.1 Å². The Bertz CT molecular complexity index is 789. The molecule has 0 aliphatic carbocycles. The van der Waals surface area contributed by atoms with E-state index in [1.165, 1.54) is 0 Å². The smallest absolute Gasteiger partial charge is 0.289 e. The molecule has 148 valence electrons. The van der Waals surface area contributed by atoms with Gasteiger partial charge in [-0.1, -0.05) is 20.8 Å². The Kier molecular flexibility index (Phi) is 6.01. The van der Waals surface area contributed by atoms with Gasteiger partial charge in [-0.3, -0.25) is 14.4 Å². The maximum absolute atomic E-state index is 13.0. The monoisotopic (exact) mass is 374 g/mol. The van der Waals surface area contributed by atoms with Gasteiger partial charge in [-0.2, -0.15) is 5.10 Å². The van der Waals surface area contributed by atoms with Crippen LogP contribution in [0.4, 0.5) is 0 Å². The Morgan fingerprint density at radius 1 is 1.30 bits per heavy atom. The van der Waals surface area contributed by atoms with E-state index in [0.717, 1.165) is 43.1 Å². The lowest BCUT2D eigenvalue weighted by atomic mass is 10.2. The zero-order valence-corrected chi connectivity index (χ0v) is 16.7. The third-order valence-electron chi connectivity index (χ3n) is 5.25. The molecule has 1 amide bonds. The molecule has 0 unspecified atom stereocenters. The lowest BCUT2D eigenvalue weighted by Gasteiger charge is -2.26. The molecule has 7 heteroatoms. The minimum absolute atomic E-state index is 0.0819.